The molecular weight excluding hydrogens is 443 g/mol. The number of guanidine groups is 1. The van der Waals surface area contributed by atoms with Gasteiger partial charge in [0.15, 0.2) is 5.96 Å². The van der Waals surface area contributed by atoms with Gasteiger partial charge in [0.2, 0.25) is 0 Å². The van der Waals surface area contributed by atoms with Gasteiger partial charge in [-0.3, -0.25) is 0 Å². The number of benzene rings is 1. The van der Waals surface area contributed by atoms with Crippen molar-refractivity contribution in [2.24, 2.45) is 4.99 Å². The maximum atomic E-state index is 5.93. The van der Waals surface area contributed by atoms with Gasteiger partial charge in [-0.2, -0.15) is 0 Å². The van der Waals surface area contributed by atoms with E-state index in [4.69, 9.17) is 11.6 Å². The van der Waals surface area contributed by atoms with Gasteiger partial charge in [-0.15, -0.1) is 35.3 Å². The van der Waals surface area contributed by atoms with Gasteiger partial charge in [-0.05, 0) is 38.5 Å². The van der Waals surface area contributed by atoms with Gasteiger partial charge >= 0.3 is 0 Å². The lowest BCUT2D eigenvalue weighted by atomic mass is 10.1. The van der Waals surface area contributed by atoms with Crippen LogP contribution in [-0.4, -0.2) is 17.5 Å². The molecule has 2 rings (SSSR count). The van der Waals surface area contributed by atoms with Crippen LogP contribution in [0.1, 0.15) is 35.3 Å². The number of halogens is 2. The molecule has 1 heterocycles. The van der Waals surface area contributed by atoms with Crippen LogP contribution in [0.15, 0.2) is 35.5 Å². The van der Waals surface area contributed by atoms with Gasteiger partial charge < -0.3 is 10.6 Å². The Balaban J connectivity index is 0.00000264. The van der Waals surface area contributed by atoms with E-state index in [1.807, 2.05) is 30.5 Å². The molecule has 1 aromatic heterocycles. The Hall–Kier alpha value is -0.860. The predicted molar refractivity (Wildman–Crippen MR) is 110 cm³/mol. The molecule has 0 saturated heterocycles. The van der Waals surface area contributed by atoms with E-state index >= 15 is 0 Å². The average molecular weight is 465 g/mol. The fraction of sp³-hybridized carbons (Fsp3) is 0.375. The Morgan fingerprint density at radius 1 is 1.35 bits per heavy atom. The zero-order valence-electron chi connectivity index (χ0n) is 13.5. The average Bonchev–Trinajstić information content (AvgIpc) is 2.91. The summed E-state index contributed by atoms with van der Waals surface area (Å²) in [5.74, 6) is 0.790. The largest absolute Gasteiger partial charge is 0.357 e. The first-order valence-electron chi connectivity index (χ1n) is 7.30. The number of nitrogens with one attached hydrogen (secondary N) is 2. The van der Waals surface area contributed by atoms with Crippen molar-refractivity contribution in [2.45, 2.75) is 33.4 Å². The second-order valence-corrected chi connectivity index (χ2v) is 6.73. The Kier molecular flexibility index (Phi) is 8.86. The lowest BCUT2D eigenvalue weighted by Gasteiger charge is -2.18. The quantitative estimate of drug-likeness (QED) is 0.388. The highest BCUT2D eigenvalue weighted by Crippen LogP contribution is 2.16. The number of aliphatic imine (C=N–C) groups is 1. The van der Waals surface area contributed by atoms with E-state index in [1.54, 1.807) is 11.3 Å². The molecule has 0 radical (unpaired) electrons. The molecular formula is C16H22ClIN4S. The van der Waals surface area contributed by atoms with Crippen LogP contribution in [0, 0.1) is 6.92 Å². The minimum absolute atomic E-state index is 0. The van der Waals surface area contributed by atoms with Crippen molar-refractivity contribution in [3.63, 3.8) is 0 Å². The first-order chi connectivity index (χ1) is 10.6. The molecule has 0 bridgehead atoms. The van der Waals surface area contributed by atoms with E-state index in [0.29, 0.717) is 6.54 Å². The normalized spacial score (nSPS) is 12.4. The van der Waals surface area contributed by atoms with Crippen molar-refractivity contribution in [3.05, 3.63) is 50.9 Å². The van der Waals surface area contributed by atoms with Gasteiger partial charge in [-0.1, -0.05) is 23.7 Å². The maximum Gasteiger partial charge on any atom is 0.192 e. The molecule has 0 aliphatic heterocycles. The number of rotatable bonds is 5. The van der Waals surface area contributed by atoms with Crippen LogP contribution in [0.25, 0.3) is 0 Å². The molecule has 1 unspecified atom stereocenters. The van der Waals surface area contributed by atoms with Crippen molar-refractivity contribution >= 4 is 52.9 Å². The van der Waals surface area contributed by atoms with E-state index in [9.17, 15) is 0 Å². The summed E-state index contributed by atoms with van der Waals surface area (Å²) in [6.45, 7) is 7.61. The number of thiazole rings is 1. The molecule has 1 aromatic carbocycles. The van der Waals surface area contributed by atoms with Gasteiger partial charge in [0.1, 0.15) is 5.01 Å². The van der Waals surface area contributed by atoms with Crippen molar-refractivity contribution in [1.82, 2.24) is 15.6 Å². The number of aryl methyl sites for hydroxylation is 1. The topological polar surface area (TPSA) is 49.3 Å². The van der Waals surface area contributed by atoms with Crippen LogP contribution < -0.4 is 10.6 Å². The number of hydrogen-bond donors (Lipinski definition) is 2. The monoisotopic (exact) mass is 464 g/mol. The van der Waals surface area contributed by atoms with Gasteiger partial charge in [0.05, 0.1) is 12.6 Å². The zero-order valence-corrected chi connectivity index (χ0v) is 17.4. The molecule has 1 atom stereocenters. The van der Waals surface area contributed by atoms with Gasteiger partial charge in [0, 0.05) is 22.6 Å². The molecule has 0 aliphatic carbocycles. The van der Waals surface area contributed by atoms with Crippen LogP contribution in [0.4, 0.5) is 0 Å². The standard InChI is InChI=1S/C16H21ClN4S.HI/c1-4-18-16(20-10-15-19-9-11(2)22-15)21-12(3)13-5-7-14(17)8-6-13;/h5-9,12H,4,10H2,1-3H3,(H2,18,20,21);1H. The second kappa shape index (κ2) is 10.1. The SMILES string of the molecule is CCNC(=NCc1ncc(C)s1)NC(C)c1ccc(Cl)cc1.I. The van der Waals surface area contributed by atoms with E-state index in [2.05, 4.69) is 41.4 Å². The van der Waals surface area contributed by atoms with Crippen molar-refractivity contribution < 1.29 is 0 Å². The molecule has 126 valence electrons. The third-order valence-corrected chi connectivity index (χ3v) is 4.26. The van der Waals surface area contributed by atoms with Crippen LogP contribution >= 0.6 is 46.9 Å². The fourth-order valence-electron chi connectivity index (χ4n) is 1.98. The second-order valence-electron chi connectivity index (χ2n) is 4.98. The third kappa shape index (κ3) is 6.64. The highest BCUT2D eigenvalue weighted by atomic mass is 127. The third-order valence-electron chi connectivity index (χ3n) is 3.11. The first-order valence-corrected chi connectivity index (χ1v) is 8.49. The molecule has 4 nitrogen and oxygen atoms in total. The minimum Gasteiger partial charge on any atom is -0.357 e. The lowest BCUT2D eigenvalue weighted by Crippen LogP contribution is -2.38. The van der Waals surface area contributed by atoms with E-state index in [0.717, 1.165) is 22.5 Å². The summed E-state index contributed by atoms with van der Waals surface area (Å²) in [5.41, 5.74) is 1.17. The Bertz CT molecular complexity index is 627. The molecule has 0 amide bonds. The number of nitrogens with zero attached hydrogens (tertiary/aromatic N) is 2. The van der Waals surface area contributed by atoms with E-state index in [1.165, 1.54) is 10.4 Å². The molecule has 23 heavy (non-hydrogen) atoms. The highest BCUT2D eigenvalue weighted by molar-refractivity contribution is 14.0. The molecule has 7 heteroatoms. The zero-order chi connectivity index (χ0) is 15.9. The van der Waals surface area contributed by atoms with Crippen molar-refractivity contribution in [1.29, 1.82) is 0 Å². The van der Waals surface area contributed by atoms with Crippen molar-refractivity contribution in [2.75, 3.05) is 6.54 Å². The molecule has 2 N–H and O–H groups in total. The van der Waals surface area contributed by atoms with Crippen LogP contribution in [-0.2, 0) is 6.54 Å². The van der Waals surface area contributed by atoms with Crippen molar-refractivity contribution in [3.8, 4) is 0 Å². The van der Waals surface area contributed by atoms with Gasteiger partial charge in [0.25, 0.3) is 0 Å². The Labute approximate surface area is 163 Å². The number of hydrogen-bond acceptors (Lipinski definition) is 3. The van der Waals surface area contributed by atoms with E-state index in [-0.39, 0.29) is 30.0 Å². The molecule has 0 fully saturated rings. The molecule has 0 saturated carbocycles. The van der Waals surface area contributed by atoms with Crippen LogP contribution in [0.2, 0.25) is 5.02 Å². The Morgan fingerprint density at radius 3 is 2.61 bits per heavy atom. The number of aromatic nitrogens is 1. The summed E-state index contributed by atoms with van der Waals surface area (Å²) in [4.78, 5) is 10.1. The molecule has 2 aromatic rings. The first kappa shape index (κ1) is 20.2. The summed E-state index contributed by atoms with van der Waals surface area (Å²) in [6.07, 6.45) is 1.88. The summed E-state index contributed by atoms with van der Waals surface area (Å²) >= 11 is 7.61. The molecule has 0 spiro atoms. The van der Waals surface area contributed by atoms with E-state index < -0.39 is 0 Å². The van der Waals surface area contributed by atoms with Gasteiger partial charge in [-0.25, -0.2) is 9.98 Å². The Morgan fingerprint density at radius 2 is 2.04 bits per heavy atom. The summed E-state index contributed by atoms with van der Waals surface area (Å²) < 4.78 is 0. The minimum atomic E-state index is 0. The lowest BCUT2D eigenvalue weighted by molar-refractivity contribution is 0.686. The molecule has 0 aliphatic rings. The summed E-state index contributed by atoms with van der Waals surface area (Å²) in [5, 5.41) is 8.43. The maximum absolute atomic E-state index is 5.93. The fourth-order valence-corrected chi connectivity index (χ4v) is 2.82. The predicted octanol–water partition coefficient (Wildman–Crippen LogP) is 4.54. The van der Waals surface area contributed by atoms with Crippen LogP contribution in [0.3, 0.4) is 0 Å². The highest BCUT2D eigenvalue weighted by Gasteiger charge is 2.08. The summed E-state index contributed by atoms with van der Waals surface area (Å²) in [7, 11) is 0. The smallest absolute Gasteiger partial charge is 0.192 e. The van der Waals surface area contributed by atoms with Crippen LogP contribution in [0.5, 0.6) is 0 Å². The summed E-state index contributed by atoms with van der Waals surface area (Å²) in [6, 6.07) is 7.99.